The van der Waals surface area contributed by atoms with Gasteiger partial charge in [0.15, 0.2) is 0 Å². The van der Waals surface area contributed by atoms with Crippen LogP contribution in [0.1, 0.15) is 17.5 Å². The molecule has 0 spiro atoms. The van der Waals surface area contributed by atoms with E-state index in [0.29, 0.717) is 23.3 Å². The zero-order valence-corrected chi connectivity index (χ0v) is 16.4. The molecule has 2 fully saturated rings. The third-order valence-corrected chi connectivity index (χ3v) is 6.22. The molecule has 1 amide bonds. The second-order valence-corrected chi connectivity index (χ2v) is 8.41. The second-order valence-electron chi connectivity index (χ2n) is 7.97. The highest BCUT2D eigenvalue weighted by atomic mass is 35.5. The highest BCUT2D eigenvalue weighted by Crippen LogP contribution is 2.31. The van der Waals surface area contributed by atoms with E-state index >= 15 is 0 Å². The van der Waals surface area contributed by atoms with E-state index in [1.54, 1.807) is 0 Å². The van der Waals surface area contributed by atoms with Gasteiger partial charge in [-0.2, -0.15) is 0 Å². The Morgan fingerprint density at radius 3 is 2.22 bits per heavy atom. The van der Waals surface area contributed by atoms with Crippen LogP contribution >= 0.6 is 11.6 Å². The molecule has 2 aliphatic heterocycles. The number of carbonyl (C=O) groups is 1. The molecule has 142 valence electrons. The van der Waals surface area contributed by atoms with Crippen molar-refractivity contribution in [2.24, 2.45) is 11.8 Å². The summed E-state index contributed by atoms with van der Waals surface area (Å²) in [6, 6.07) is 18.3. The molecule has 2 aromatic rings. The molecule has 2 saturated heterocycles. The minimum atomic E-state index is 0.252. The van der Waals surface area contributed by atoms with Gasteiger partial charge >= 0.3 is 0 Å². The number of amides is 1. The lowest BCUT2D eigenvalue weighted by Gasteiger charge is -2.21. The minimum absolute atomic E-state index is 0.252. The maximum absolute atomic E-state index is 12.6. The van der Waals surface area contributed by atoms with E-state index in [-0.39, 0.29) is 5.91 Å². The Morgan fingerprint density at radius 1 is 0.889 bits per heavy atom. The fraction of sp³-hybridized carbons (Fsp3) is 0.435. The van der Waals surface area contributed by atoms with Crippen LogP contribution in [-0.2, 0) is 17.6 Å². The molecule has 0 bridgehead atoms. The van der Waals surface area contributed by atoms with Crippen molar-refractivity contribution in [3.8, 4) is 0 Å². The molecule has 0 aromatic heterocycles. The summed E-state index contributed by atoms with van der Waals surface area (Å²) >= 11 is 5.92. The van der Waals surface area contributed by atoms with Crippen molar-refractivity contribution in [1.29, 1.82) is 0 Å². The molecule has 0 radical (unpaired) electrons. The average Bonchev–Trinajstić information content (AvgIpc) is 3.23. The summed E-state index contributed by atoms with van der Waals surface area (Å²) in [5, 5.41) is 0.717. The number of nitrogens with zero attached hydrogens (tertiary/aromatic N) is 2. The van der Waals surface area contributed by atoms with E-state index < -0.39 is 0 Å². The second kappa shape index (κ2) is 8.45. The van der Waals surface area contributed by atoms with Crippen LogP contribution in [0.3, 0.4) is 0 Å². The van der Waals surface area contributed by atoms with Gasteiger partial charge in [0.25, 0.3) is 0 Å². The van der Waals surface area contributed by atoms with E-state index in [2.05, 4.69) is 40.1 Å². The summed E-state index contributed by atoms with van der Waals surface area (Å²) in [5.41, 5.74) is 2.47. The van der Waals surface area contributed by atoms with Gasteiger partial charge in [-0.3, -0.25) is 4.79 Å². The van der Waals surface area contributed by atoms with Crippen molar-refractivity contribution in [1.82, 2.24) is 9.80 Å². The predicted octanol–water partition coefficient (Wildman–Crippen LogP) is 3.91. The molecule has 4 heteroatoms. The lowest BCUT2D eigenvalue weighted by atomic mass is 10.0. The largest absolute Gasteiger partial charge is 0.342 e. The smallest absolute Gasteiger partial charge is 0.227 e. The van der Waals surface area contributed by atoms with E-state index in [1.807, 2.05) is 24.3 Å². The topological polar surface area (TPSA) is 23.6 Å². The van der Waals surface area contributed by atoms with Gasteiger partial charge in [0.05, 0.1) is 6.42 Å². The third kappa shape index (κ3) is 4.72. The van der Waals surface area contributed by atoms with Crippen molar-refractivity contribution in [3.63, 3.8) is 0 Å². The van der Waals surface area contributed by atoms with Crippen LogP contribution < -0.4 is 0 Å². The first-order chi connectivity index (χ1) is 13.2. The molecule has 4 rings (SSSR count). The summed E-state index contributed by atoms with van der Waals surface area (Å²) in [7, 11) is 0. The number of carbonyl (C=O) groups excluding carboxylic acids is 1. The number of rotatable bonds is 6. The average molecular weight is 383 g/mol. The van der Waals surface area contributed by atoms with Gasteiger partial charge in [-0.25, -0.2) is 0 Å². The van der Waals surface area contributed by atoms with Crippen molar-refractivity contribution in [3.05, 3.63) is 70.7 Å². The van der Waals surface area contributed by atoms with Gasteiger partial charge in [0.2, 0.25) is 5.91 Å². The van der Waals surface area contributed by atoms with Gasteiger partial charge < -0.3 is 9.80 Å². The molecule has 2 aromatic carbocycles. The zero-order valence-electron chi connectivity index (χ0n) is 15.7. The van der Waals surface area contributed by atoms with Crippen molar-refractivity contribution >= 4 is 17.5 Å². The molecule has 2 heterocycles. The molecule has 2 unspecified atom stereocenters. The maximum atomic E-state index is 12.6. The van der Waals surface area contributed by atoms with Gasteiger partial charge in [-0.1, -0.05) is 54.1 Å². The van der Waals surface area contributed by atoms with Crippen LogP contribution in [0.2, 0.25) is 5.02 Å². The Hall–Kier alpha value is -1.84. The first-order valence-electron chi connectivity index (χ1n) is 9.96. The number of benzene rings is 2. The van der Waals surface area contributed by atoms with Crippen LogP contribution in [0.5, 0.6) is 0 Å². The zero-order chi connectivity index (χ0) is 18.6. The number of aryl methyl sites for hydroxylation is 1. The number of hydrogen-bond donors (Lipinski definition) is 0. The Morgan fingerprint density at radius 2 is 1.56 bits per heavy atom. The fourth-order valence-corrected chi connectivity index (χ4v) is 4.64. The van der Waals surface area contributed by atoms with Crippen LogP contribution in [0.25, 0.3) is 0 Å². The van der Waals surface area contributed by atoms with Crippen LogP contribution in [0.15, 0.2) is 54.6 Å². The van der Waals surface area contributed by atoms with Gasteiger partial charge in [0, 0.05) is 31.2 Å². The highest BCUT2D eigenvalue weighted by Gasteiger charge is 2.41. The Labute approximate surface area is 166 Å². The first kappa shape index (κ1) is 18.5. The van der Waals surface area contributed by atoms with Crippen molar-refractivity contribution in [2.75, 3.05) is 32.7 Å². The molecular weight excluding hydrogens is 356 g/mol. The summed E-state index contributed by atoms with van der Waals surface area (Å²) in [5.74, 6) is 1.55. The maximum Gasteiger partial charge on any atom is 0.227 e. The number of fused-ring (bicyclic) bond motifs is 1. The third-order valence-electron chi connectivity index (χ3n) is 5.97. The number of hydrogen-bond acceptors (Lipinski definition) is 2. The van der Waals surface area contributed by atoms with Crippen molar-refractivity contribution in [2.45, 2.75) is 19.3 Å². The Balaban J connectivity index is 1.21. The summed E-state index contributed by atoms with van der Waals surface area (Å²) < 4.78 is 0. The lowest BCUT2D eigenvalue weighted by molar-refractivity contribution is -0.129. The highest BCUT2D eigenvalue weighted by molar-refractivity contribution is 6.30. The molecule has 2 aliphatic rings. The molecular formula is C23H27ClN2O. The molecule has 0 N–H and O–H groups in total. The molecule has 0 saturated carbocycles. The molecule has 2 atom stereocenters. The predicted molar refractivity (Wildman–Crippen MR) is 110 cm³/mol. The fourth-order valence-electron chi connectivity index (χ4n) is 4.52. The van der Waals surface area contributed by atoms with Crippen LogP contribution in [0.4, 0.5) is 0 Å². The van der Waals surface area contributed by atoms with E-state index in [9.17, 15) is 4.79 Å². The Kier molecular flexibility index (Phi) is 5.80. The molecule has 3 nitrogen and oxygen atoms in total. The quantitative estimate of drug-likeness (QED) is 0.756. The van der Waals surface area contributed by atoms with E-state index in [0.717, 1.165) is 38.2 Å². The monoisotopic (exact) mass is 382 g/mol. The SMILES string of the molecule is O=C(Cc1ccc(Cl)cc1)N1CC2CN(CCCc3ccccc3)CC2C1. The standard InChI is InChI=1S/C23H27ClN2O/c24-22-10-8-19(9-11-22)13-23(27)26-16-20-14-25(15-21(20)17-26)12-4-7-18-5-2-1-3-6-18/h1-3,5-6,8-11,20-21H,4,7,12-17H2. The first-order valence-corrected chi connectivity index (χ1v) is 10.3. The van der Waals surface area contributed by atoms with Gasteiger partial charge in [-0.15, -0.1) is 0 Å². The van der Waals surface area contributed by atoms with Crippen molar-refractivity contribution < 1.29 is 4.79 Å². The number of likely N-dealkylation sites (tertiary alicyclic amines) is 2. The van der Waals surface area contributed by atoms with E-state index in [1.165, 1.54) is 18.5 Å². The normalized spacial score (nSPS) is 22.2. The van der Waals surface area contributed by atoms with Gasteiger partial charge in [0.1, 0.15) is 0 Å². The molecule has 27 heavy (non-hydrogen) atoms. The van der Waals surface area contributed by atoms with Crippen LogP contribution in [0, 0.1) is 11.8 Å². The Bertz CT molecular complexity index is 748. The van der Waals surface area contributed by atoms with E-state index in [4.69, 9.17) is 11.6 Å². The molecule has 0 aliphatic carbocycles. The summed E-state index contributed by atoms with van der Waals surface area (Å²) in [4.78, 5) is 17.3. The van der Waals surface area contributed by atoms with Crippen LogP contribution in [-0.4, -0.2) is 48.4 Å². The van der Waals surface area contributed by atoms with Gasteiger partial charge in [-0.05, 0) is 54.5 Å². The summed E-state index contributed by atoms with van der Waals surface area (Å²) in [6.45, 7) is 5.30. The number of halogens is 1. The minimum Gasteiger partial charge on any atom is -0.342 e. The lowest BCUT2D eigenvalue weighted by Crippen LogP contribution is -2.34. The summed E-state index contributed by atoms with van der Waals surface area (Å²) in [6.07, 6.45) is 2.85.